The van der Waals surface area contributed by atoms with Gasteiger partial charge in [-0.25, -0.2) is 4.39 Å². The van der Waals surface area contributed by atoms with E-state index in [-0.39, 0.29) is 24.3 Å². The highest BCUT2D eigenvalue weighted by Gasteiger charge is 2.34. The molecule has 7 heteroatoms. The maximum Gasteiger partial charge on any atom is 0.306 e. The van der Waals surface area contributed by atoms with Gasteiger partial charge in [0, 0.05) is 5.56 Å². The Morgan fingerprint density at radius 3 is 2.70 bits per heavy atom. The second-order valence-corrected chi connectivity index (χ2v) is 9.42. The minimum Gasteiger partial charge on any atom is -0.497 e. The molecule has 1 aliphatic rings. The van der Waals surface area contributed by atoms with Crippen molar-refractivity contribution in [1.29, 1.82) is 0 Å². The summed E-state index contributed by atoms with van der Waals surface area (Å²) in [5, 5.41) is 0. The minimum absolute atomic E-state index is 0.139. The van der Waals surface area contributed by atoms with Crippen LogP contribution < -0.4 is 9.47 Å². The average molecular weight is 507 g/mol. The third-order valence-electron chi connectivity index (χ3n) is 6.65. The summed E-state index contributed by atoms with van der Waals surface area (Å²) in [5.41, 5.74) is 3.42. The number of aryl methyl sites for hydroxylation is 1. The molecule has 0 N–H and O–H groups in total. The third-order valence-corrected chi connectivity index (χ3v) is 6.65. The van der Waals surface area contributed by atoms with E-state index in [0.29, 0.717) is 53.8 Å². The molecule has 0 saturated heterocycles. The van der Waals surface area contributed by atoms with Crippen molar-refractivity contribution >= 4 is 5.97 Å². The standard InChI is InChI=1S/C30H35FN2O4/c1-4-6-10-28-30(26-16-23(35-3)13-14-27(26)31)32-18-22(33-28)19-37-24-9-7-8-21(15-24)25(20-11-12-20)17-29(34)36-5-2/h7-9,13-16,18,20,25H,4-6,10-12,17,19H2,1-3H3/t25-/m0/s1. The van der Waals surface area contributed by atoms with Gasteiger partial charge in [-0.3, -0.25) is 14.8 Å². The second kappa shape index (κ2) is 12.7. The number of esters is 1. The first kappa shape index (κ1) is 26.6. The van der Waals surface area contributed by atoms with Crippen LogP contribution in [0.2, 0.25) is 0 Å². The number of carbonyl (C=O) groups is 1. The Hall–Kier alpha value is -3.48. The summed E-state index contributed by atoms with van der Waals surface area (Å²) in [6.45, 7) is 4.57. The Morgan fingerprint density at radius 1 is 1.14 bits per heavy atom. The van der Waals surface area contributed by atoms with E-state index in [2.05, 4.69) is 18.0 Å². The molecule has 1 atom stereocenters. The van der Waals surface area contributed by atoms with Crippen LogP contribution in [0.3, 0.4) is 0 Å². The van der Waals surface area contributed by atoms with Gasteiger partial charge in [0.2, 0.25) is 0 Å². The van der Waals surface area contributed by atoms with Gasteiger partial charge in [-0.2, -0.15) is 0 Å². The van der Waals surface area contributed by atoms with Crippen molar-refractivity contribution in [2.75, 3.05) is 13.7 Å². The number of benzene rings is 2. The number of hydrogen-bond acceptors (Lipinski definition) is 6. The van der Waals surface area contributed by atoms with Gasteiger partial charge in [0.25, 0.3) is 0 Å². The molecule has 0 radical (unpaired) electrons. The number of hydrogen-bond donors (Lipinski definition) is 0. The molecule has 0 amide bonds. The largest absolute Gasteiger partial charge is 0.497 e. The number of aromatic nitrogens is 2. The summed E-state index contributed by atoms with van der Waals surface area (Å²) in [6, 6.07) is 12.6. The molecule has 0 aliphatic heterocycles. The van der Waals surface area contributed by atoms with E-state index >= 15 is 0 Å². The monoisotopic (exact) mass is 506 g/mol. The fourth-order valence-corrected chi connectivity index (χ4v) is 4.54. The topological polar surface area (TPSA) is 70.5 Å². The highest BCUT2D eigenvalue weighted by Crippen LogP contribution is 2.45. The Labute approximate surface area is 218 Å². The molecule has 2 aromatic carbocycles. The molecule has 196 valence electrons. The molecule has 1 heterocycles. The zero-order valence-corrected chi connectivity index (χ0v) is 21.8. The van der Waals surface area contributed by atoms with Crippen molar-refractivity contribution in [1.82, 2.24) is 9.97 Å². The molecular weight excluding hydrogens is 471 g/mol. The molecule has 4 rings (SSSR count). The summed E-state index contributed by atoms with van der Waals surface area (Å²) in [5.74, 6) is 1.41. The number of nitrogens with zero attached hydrogens (tertiary/aromatic N) is 2. The molecule has 0 bridgehead atoms. The fourth-order valence-electron chi connectivity index (χ4n) is 4.54. The quantitative estimate of drug-likeness (QED) is 0.242. The number of carbonyl (C=O) groups excluding carboxylic acids is 1. The normalized spacial score (nSPS) is 13.7. The van der Waals surface area contributed by atoms with Gasteiger partial charge >= 0.3 is 5.97 Å². The summed E-state index contributed by atoms with van der Waals surface area (Å²) in [7, 11) is 1.56. The summed E-state index contributed by atoms with van der Waals surface area (Å²) < 4.78 is 31.2. The average Bonchev–Trinajstić information content (AvgIpc) is 3.76. The molecule has 6 nitrogen and oxygen atoms in total. The predicted octanol–water partition coefficient (Wildman–Crippen LogP) is 6.66. The van der Waals surface area contributed by atoms with Gasteiger partial charge in [-0.15, -0.1) is 0 Å². The zero-order valence-electron chi connectivity index (χ0n) is 21.8. The molecule has 1 fully saturated rings. The summed E-state index contributed by atoms with van der Waals surface area (Å²) in [6.07, 6.45) is 6.89. The van der Waals surface area contributed by atoms with Crippen molar-refractivity contribution in [2.45, 2.75) is 64.9 Å². The van der Waals surface area contributed by atoms with Crippen LogP contribution in [-0.4, -0.2) is 29.7 Å². The van der Waals surface area contributed by atoms with Crippen LogP contribution in [0.4, 0.5) is 4.39 Å². The van der Waals surface area contributed by atoms with Crippen molar-refractivity contribution in [3.05, 3.63) is 71.4 Å². The molecule has 1 saturated carbocycles. The third kappa shape index (κ3) is 7.06. The van der Waals surface area contributed by atoms with Crippen molar-refractivity contribution in [3.63, 3.8) is 0 Å². The predicted molar refractivity (Wildman–Crippen MR) is 140 cm³/mol. The van der Waals surface area contributed by atoms with Gasteiger partial charge < -0.3 is 14.2 Å². The molecule has 1 aromatic heterocycles. The molecular formula is C30H35FN2O4. The maximum atomic E-state index is 14.7. The van der Waals surface area contributed by atoms with E-state index in [1.165, 1.54) is 6.07 Å². The van der Waals surface area contributed by atoms with E-state index in [1.54, 1.807) is 25.4 Å². The SMILES string of the molecule is CCCCc1nc(COc2cccc([C@@H](CC(=O)OCC)C3CC3)c2)cnc1-c1cc(OC)ccc1F. The summed E-state index contributed by atoms with van der Waals surface area (Å²) >= 11 is 0. The summed E-state index contributed by atoms with van der Waals surface area (Å²) in [4.78, 5) is 21.5. The molecule has 1 aliphatic carbocycles. The van der Waals surface area contributed by atoms with Gasteiger partial charge in [0.05, 0.1) is 43.4 Å². The van der Waals surface area contributed by atoms with Crippen LogP contribution in [0.5, 0.6) is 11.5 Å². The Balaban J connectivity index is 1.51. The lowest BCUT2D eigenvalue weighted by molar-refractivity contribution is -0.143. The molecule has 37 heavy (non-hydrogen) atoms. The Bertz CT molecular complexity index is 1210. The van der Waals surface area contributed by atoms with E-state index < -0.39 is 0 Å². The van der Waals surface area contributed by atoms with Crippen LogP contribution in [-0.2, 0) is 22.6 Å². The highest BCUT2D eigenvalue weighted by atomic mass is 19.1. The fraction of sp³-hybridized carbons (Fsp3) is 0.433. The van der Waals surface area contributed by atoms with Gasteiger partial charge in [-0.05, 0) is 80.3 Å². The van der Waals surface area contributed by atoms with Crippen molar-refractivity contribution in [3.8, 4) is 22.8 Å². The first-order chi connectivity index (χ1) is 18.0. The van der Waals surface area contributed by atoms with Gasteiger partial charge in [0.1, 0.15) is 23.9 Å². The van der Waals surface area contributed by atoms with E-state index in [1.807, 2.05) is 25.1 Å². The first-order valence-corrected chi connectivity index (χ1v) is 13.1. The number of rotatable bonds is 13. The number of unbranched alkanes of at least 4 members (excludes halogenated alkanes) is 1. The van der Waals surface area contributed by atoms with E-state index in [4.69, 9.17) is 19.2 Å². The second-order valence-electron chi connectivity index (χ2n) is 9.42. The van der Waals surface area contributed by atoms with Crippen LogP contribution in [0, 0.1) is 11.7 Å². The lowest BCUT2D eigenvalue weighted by Gasteiger charge is -2.17. The van der Waals surface area contributed by atoms with Crippen LogP contribution in [0.15, 0.2) is 48.7 Å². The van der Waals surface area contributed by atoms with Crippen LogP contribution in [0.25, 0.3) is 11.3 Å². The lowest BCUT2D eigenvalue weighted by atomic mass is 9.91. The van der Waals surface area contributed by atoms with Gasteiger partial charge in [-0.1, -0.05) is 25.5 Å². The highest BCUT2D eigenvalue weighted by molar-refractivity contribution is 5.70. The van der Waals surface area contributed by atoms with Crippen LogP contribution >= 0.6 is 0 Å². The number of methoxy groups -OCH3 is 1. The maximum absolute atomic E-state index is 14.7. The van der Waals surface area contributed by atoms with Crippen molar-refractivity contribution < 1.29 is 23.4 Å². The first-order valence-electron chi connectivity index (χ1n) is 13.1. The van der Waals surface area contributed by atoms with Crippen LogP contribution in [0.1, 0.15) is 68.8 Å². The molecule has 0 spiro atoms. The Morgan fingerprint density at radius 2 is 1.97 bits per heavy atom. The number of halogens is 1. The minimum atomic E-state index is -0.360. The van der Waals surface area contributed by atoms with E-state index in [9.17, 15) is 9.18 Å². The van der Waals surface area contributed by atoms with Gasteiger partial charge in [0.15, 0.2) is 0 Å². The number of ether oxygens (including phenoxy) is 3. The molecule has 3 aromatic rings. The Kier molecular flexibility index (Phi) is 9.09. The molecule has 0 unspecified atom stereocenters. The lowest BCUT2D eigenvalue weighted by Crippen LogP contribution is -2.12. The zero-order chi connectivity index (χ0) is 26.2. The smallest absolute Gasteiger partial charge is 0.306 e. The van der Waals surface area contributed by atoms with Crippen molar-refractivity contribution in [2.24, 2.45) is 5.92 Å². The van der Waals surface area contributed by atoms with E-state index in [0.717, 1.165) is 36.9 Å².